The van der Waals surface area contributed by atoms with Gasteiger partial charge in [0.25, 0.3) is 0 Å². The van der Waals surface area contributed by atoms with Crippen molar-refractivity contribution in [2.45, 2.75) is 31.5 Å². The average Bonchev–Trinajstić information content (AvgIpc) is 2.26. The number of carboxylic acid groups (broad SMARTS) is 1. The summed E-state index contributed by atoms with van der Waals surface area (Å²) in [4.78, 5) is 14.1. The summed E-state index contributed by atoms with van der Waals surface area (Å²) < 4.78 is 37.0. The Bertz CT molecular complexity index is 441. The first-order valence-electron chi connectivity index (χ1n) is 5.09. The number of carboxylic acids is 1. The molecular weight excluding hydrogens is 249 g/mol. The highest BCUT2D eigenvalue weighted by molar-refractivity contribution is 5.75. The number of rotatable bonds is 3. The van der Waals surface area contributed by atoms with Gasteiger partial charge in [-0.15, -0.1) is 0 Å². The average molecular weight is 262 g/mol. The minimum Gasteiger partial charge on any atom is -0.480 e. The van der Waals surface area contributed by atoms with E-state index >= 15 is 0 Å². The van der Waals surface area contributed by atoms with Gasteiger partial charge in [-0.05, 0) is 11.6 Å². The lowest BCUT2D eigenvalue weighted by atomic mass is 9.79. The van der Waals surface area contributed by atoms with Gasteiger partial charge >= 0.3 is 12.1 Å². The molecule has 1 heterocycles. The molecule has 0 bridgehead atoms. The number of carbonyl (C=O) groups is 1. The fraction of sp³-hybridized carbons (Fsp3) is 0.455. The molecular formula is C11H13F3N2O2. The Morgan fingerprint density at radius 2 is 1.94 bits per heavy atom. The van der Waals surface area contributed by atoms with Gasteiger partial charge in [-0.1, -0.05) is 19.9 Å². The molecule has 0 aliphatic carbocycles. The zero-order valence-electron chi connectivity index (χ0n) is 9.82. The maximum atomic E-state index is 12.3. The normalized spacial score (nSPS) is 14.3. The van der Waals surface area contributed by atoms with Gasteiger partial charge in [0.05, 0.1) is 0 Å². The summed E-state index contributed by atoms with van der Waals surface area (Å²) in [6, 6.07) is 0.778. The number of pyridine rings is 1. The molecule has 0 aliphatic rings. The molecule has 0 saturated heterocycles. The zero-order chi connectivity index (χ0) is 14.1. The second-order valence-electron chi connectivity index (χ2n) is 4.47. The standard InChI is InChI=1S/C11H13F3N2O2/c1-10(2,8(15)9(17)18)6-3-4-7(16-5-6)11(12,13)14/h3-5,8H,15H2,1-2H3,(H,17,18). The molecule has 1 unspecified atom stereocenters. The third kappa shape index (κ3) is 2.79. The van der Waals surface area contributed by atoms with Crippen LogP contribution in [0.5, 0.6) is 0 Å². The monoisotopic (exact) mass is 262 g/mol. The van der Waals surface area contributed by atoms with E-state index in [9.17, 15) is 18.0 Å². The Morgan fingerprint density at radius 1 is 1.39 bits per heavy atom. The van der Waals surface area contributed by atoms with Gasteiger partial charge in [0.1, 0.15) is 11.7 Å². The summed E-state index contributed by atoms with van der Waals surface area (Å²) in [5.41, 5.74) is 3.81. The molecule has 0 spiro atoms. The first-order chi connectivity index (χ1) is 8.06. The van der Waals surface area contributed by atoms with Crippen LogP contribution in [0.25, 0.3) is 0 Å². The van der Waals surface area contributed by atoms with Crippen LogP contribution in [0.3, 0.4) is 0 Å². The predicted octanol–water partition coefficient (Wildman–Crippen LogP) is 1.79. The molecule has 1 aromatic heterocycles. The molecule has 0 amide bonds. The predicted molar refractivity (Wildman–Crippen MR) is 57.9 cm³/mol. The Kier molecular flexibility index (Phi) is 3.66. The number of aliphatic carboxylic acids is 1. The van der Waals surface area contributed by atoms with Crippen LogP contribution >= 0.6 is 0 Å². The van der Waals surface area contributed by atoms with Crippen molar-refractivity contribution in [1.82, 2.24) is 4.98 Å². The molecule has 1 rings (SSSR count). The van der Waals surface area contributed by atoms with E-state index < -0.39 is 29.3 Å². The molecule has 1 atom stereocenters. The molecule has 0 fully saturated rings. The van der Waals surface area contributed by atoms with E-state index in [4.69, 9.17) is 10.8 Å². The van der Waals surface area contributed by atoms with E-state index in [1.165, 1.54) is 19.9 Å². The van der Waals surface area contributed by atoms with Gasteiger partial charge in [-0.3, -0.25) is 9.78 Å². The van der Waals surface area contributed by atoms with Crippen molar-refractivity contribution in [2.24, 2.45) is 5.73 Å². The topological polar surface area (TPSA) is 76.2 Å². The van der Waals surface area contributed by atoms with Crippen LogP contribution in [0.1, 0.15) is 25.1 Å². The number of hydrogen-bond donors (Lipinski definition) is 2. The lowest BCUT2D eigenvalue weighted by Crippen LogP contribution is -2.46. The SMILES string of the molecule is CC(C)(c1ccc(C(F)(F)F)nc1)C(N)C(=O)O. The molecule has 18 heavy (non-hydrogen) atoms. The van der Waals surface area contributed by atoms with Crippen molar-refractivity contribution < 1.29 is 23.1 Å². The molecule has 3 N–H and O–H groups in total. The van der Waals surface area contributed by atoms with Crippen molar-refractivity contribution in [3.05, 3.63) is 29.6 Å². The van der Waals surface area contributed by atoms with E-state index in [2.05, 4.69) is 4.98 Å². The molecule has 100 valence electrons. The number of nitrogens with two attached hydrogens (primary N) is 1. The molecule has 0 radical (unpaired) electrons. The van der Waals surface area contributed by atoms with E-state index in [0.29, 0.717) is 5.56 Å². The Labute approximate surface area is 102 Å². The van der Waals surface area contributed by atoms with Crippen molar-refractivity contribution in [1.29, 1.82) is 0 Å². The zero-order valence-corrected chi connectivity index (χ0v) is 9.82. The number of halogens is 3. The van der Waals surface area contributed by atoms with Crippen molar-refractivity contribution in [3.8, 4) is 0 Å². The molecule has 4 nitrogen and oxygen atoms in total. The van der Waals surface area contributed by atoms with Crippen LogP contribution in [0, 0.1) is 0 Å². The second kappa shape index (κ2) is 4.56. The van der Waals surface area contributed by atoms with Gasteiger partial charge in [-0.2, -0.15) is 13.2 Å². The number of aromatic nitrogens is 1. The highest BCUT2D eigenvalue weighted by Crippen LogP contribution is 2.30. The highest BCUT2D eigenvalue weighted by atomic mass is 19.4. The first kappa shape index (κ1) is 14.4. The van der Waals surface area contributed by atoms with Gasteiger partial charge in [-0.25, -0.2) is 0 Å². The van der Waals surface area contributed by atoms with E-state index in [1.807, 2.05) is 0 Å². The maximum Gasteiger partial charge on any atom is 0.433 e. The Hall–Kier alpha value is -1.63. The Balaban J connectivity index is 3.08. The van der Waals surface area contributed by atoms with Gasteiger partial charge in [0.2, 0.25) is 0 Å². The van der Waals surface area contributed by atoms with Crippen LogP contribution in [0.2, 0.25) is 0 Å². The molecule has 0 aliphatic heterocycles. The van der Waals surface area contributed by atoms with E-state index in [1.54, 1.807) is 0 Å². The lowest BCUT2D eigenvalue weighted by molar-refractivity contribution is -0.142. The van der Waals surface area contributed by atoms with Gasteiger partial charge < -0.3 is 10.8 Å². The van der Waals surface area contributed by atoms with E-state index in [0.717, 1.165) is 12.3 Å². The highest BCUT2D eigenvalue weighted by Gasteiger charge is 2.36. The van der Waals surface area contributed by atoms with Crippen LogP contribution in [0.15, 0.2) is 18.3 Å². The summed E-state index contributed by atoms with van der Waals surface area (Å²) in [6.45, 7) is 3.08. The maximum absolute atomic E-state index is 12.3. The summed E-state index contributed by atoms with van der Waals surface area (Å²) in [6.07, 6.45) is -3.51. The van der Waals surface area contributed by atoms with Crippen LogP contribution in [-0.2, 0) is 16.4 Å². The smallest absolute Gasteiger partial charge is 0.433 e. The first-order valence-corrected chi connectivity index (χ1v) is 5.09. The number of hydrogen-bond acceptors (Lipinski definition) is 3. The quantitative estimate of drug-likeness (QED) is 0.870. The molecule has 0 saturated carbocycles. The van der Waals surface area contributed by atoms with E-state index in [-0.39, 0.29) is 0 Å². The fourth-order valence-corrected chi connectivity index (χ4v) is 1.43. The second-order valence-corrected chi connectivity index (χ2v) is 4.47. The molecule has 0 aromatic carbocycles. The van der Waals surface area contributed by atoms with Gasteiger partial charge in [0, 0.05) is 11.6 Å². The van der Waals surface area contributed by atoms with Crippen molar-refractivity contribution in [3.63, 3.8) is 0 Å². The van der Waals surface area contributed by atoms with Crippen molar-refractivity contribution >= 4 is 5.97 Å². The molecule has 1 aromatic rings. The number of nitrogens with zero attached hydrogens (tertiary/aromatic N) is 1. The third-order valence-corrected chi connectivity index (χ3v) is 2.84. The molecule has 7 heteroatoms. The van der Waals surface area contributed by atoms with Gasteiger partial charge in [0.15, 0.2) is 0 Å². The number of alkyl halides is 3. The van der Waals surface area contributed by atoms with Crippen LogP contribution in [0.4, 0.5) is 13.2 Å². The summed E-state index contributed by atoms with van der Waals surface area (Å²) >= 11 is 0. The van der Waals surface area contributed by atoms with Crippen molar-refractivity contribution in [2.75, 3.05) is 0 Å². The fourth-order valence-electron chi connectivity index (χ4n) is 1.43. The summed E-state index contributed by atoms with van der Waals surface area (Å²) in [5.74, 6) is -1.22. The summed E-state index contributed by atoms with van der Waals surface area (Å²) in [5, 5.41) is 8.84. The van der Waals surface area contributed by atoms with Crippen LogP contribution in [-0.4, -0.2) is 22.1 Å². The largest absolute Gasteiger partial charge is 0.480 e. The lowest BCUT2D eigenvalue weighted by Gasteiger charge is -2.29. The Morgan fingerprint density at radius 3 is 2.28 bits per heavy atom. The minimum absolute atomic E-state index is 0.338. The van der Waals surface area contributed by atoms with Crippen LogP contribution < -0.4 is 5.73 Å². The third-order valence-electron chi connectivity index (χ3n) is 2.84. The minimum atomic E-state index is -4.52. The summed E-state index contributed by atoms with van der Waals surface area (Å²) in [7, 11) is 0.